The van der Waals surface area contributed by atoms with Crippen molar-refractivity contribution in [3.63, 3.8) is 0 Å². The zero-order valence-corrected chi connectivity index (χ0v) is 7.04. The highest BCUT2D eigenvalue weighted by Crippen LogP contribution is 1.97. The van der Waals surface area contributed by atoms with E-state index in [0.29, 0.717) is 5.65 Å². The van der Waals surface area contributed by atoms with Gasteiger partial charge in [-0.2, -0.15) is 0 Å². The first-order valence-corrected chi connectivity index (χ1v) is 3.90. The average Bonchev–Trinajstić information content (AvgIpc) is 2.18. The number of pyridine rings is 1. The number of rotatable bonds is 1. The molecule has 0 saturated heterocycles. The largest absolute Gasteiger partial charge is 0.477 e. The van der Waals surface area contributed by atoms with Crippen LogP contribution in [0.3, 0.4) is 0 Å². The molecule has 0 aliphatic rings. The Morgan fingerprint density at radius 3 is 2.93 bits per heavy atom. The lowest BCUT2D eigenvalue weighted by atomic mass is 10.3. The van der Waals surface area contributed by atoms with E-state index >= 15 is 0 Å². The molecule has 0 atom stereocenters. The van der Waals surface area contributed by atoms with Crippen LogP contribution in [0.1, 0.15) is 10.4 Å². The highest BCUT2D eigenvalue weighted by atomic mass is 16.4. The molecule has 2 aromatic heterocycles. The number of hydrogen-bond acceptors (Lipinski definition) is 3. The number of carboxylic acid groups (broad SMARTS) is 1. The van der Waals surface area contributed by atoms with Gasteiger partial charge < -0.3 is 5.11 Å². The quantitative estimate of drug-likeness (QED) is 0.706. The first kappa shape index (κ1) is 8.43. The second-order valence-electron chi connectivity index (χ2n) is 2.71. The van der Waals surface area contributed by atoms with Gasteiger partial charge in [-0.3, -0.25) is 9.20 Å². The van der Waals surface area contributed by atoms with Gasteiger partial charge in [0.05, 0.1) is 0 Å². The molecule has 0 unspecified atom stereocenters. The highest BCUT2D eigenvalue weighted by Gasteiger charge is 2.09. The number of carbonyl (C=O) groups is 1. The second kappa shape index (κ2) is 2.95. The molecule has 70 valence electrons. The molecular weight excluding hydrogens is 184 g/mol. The zero-order chi connectivity index (χ0) is 10.1. The van der Waals surface area contributed by atoms with E-state index in [1.165, 1.54) is 28.9 Å². The van der Waals surface area contributed by atoms with E-state index in [1.54, 1.807) is 6.07 Å². The maximum absolute atomic E-state index is 11.5. The first-order valence-electron chi connectivity index (χ1n) is 3.90. The third-order valence-electron chi connectivity index (χ3n) is 1.85. The second-order valence-corrected chi connectivity index (χ2v) is 2.71. The third kappa shape index (κ3) is 1.15. The van der Waals surface area contributed by atoms with E-state index in [9.17, 15) is 9.59 Å². The standard InChI is InChI=1S/C9H6N2O3/c12-8-6(9(13)14)2-3-7-10-4-1-5-11(7)8/h1-5H,(H,13,14). The predicted molar refractivity (Wildman–Crippen MR) is 48.4 cm³/mol. The van der Waals surface area contributed by atoms with Crippen molar-refractivity contribution in [2.75, 3.05) is 0 Å². The molecule has 0 amide bonds. The van der Waals surface area contributed by atoms with E-state index in [0.717, 1.165) is 0 Å². The van der Waals surface area contributed by atoms with Crippen LogP contribution in [0.5, 0.6) is 0 Å². The fourth-order valence-corrected chi connectivity index (χ4v) is 1.20. The molecule has 0 bridgehead atoms. The molecule has 0 aliphatic heterocycles. The Bertz CT molecular complexity index is 559. The van der Waals surface area contributed by atoms with E-state index in [1.807, 2.05) is 0 Å². The average molecular weight is 190 g/mol. The van der Waals surface area contributed by atoms with Gasteiger partial charge in [0.2, 0.25) is 0 Å². The first-order chi connectivity index (χ1) is 6.70. The Hall–Kier alpha value is -2.17. The Labute approximate surface area is 78.3 Å². The highest BCUT2D eigenvalue weighted by molar-refractivity contribution is 5.87. The van der Waals surface area contributed by atoms with Crippen molar-refractivity contribution in [1.82, 2.24) is 9.38 Å². The maximum atomic E-state index is 11.5. The number of aromatic nitrogens is 2. The van der Waals surface area contributed by atoms with Crippen LogP contribution in [0.25, 0.3) is 5.65 Å². The molecular formula is C9H6N2O3. The Balaban J connectivity index is 2.89. The molecule has 2 rings (SSSR count). The Morgan fingerprint density at radius 1 is 1.43 bits per heavy atom. The zero-order valence-electron chi connectivity index (χ0n) is 7.04. The lowest BCUT2D eigenvalue weighted by molar-refractivity contribution is 0.0695. The Kier molecular flexibility index (Phi) is 1.78. The normalized spacial score (nSPS) is 10.3. The van der Waals surface area contributed by atoms with Gasteiger partial charge in [-0.15, -0.1) is 0 Å². The third-order valence-corrected chi connectivity index (χ3v) is 1.85. The van der Waals surface area contributed by atoms with Crippen LogP contribution in [-0.4, -0.2) is 20.5 Å². The number of fused-ring (bicyclic) bond motifs is 1. The van der Waals surface area contributed by atoms with E-state index in [4.69, 9.17) is 5.11 Å². The maximum Gasteiger partial charge on any atom is 0.341 e. The Morgan fingerprint density at radius 2 is 2.21 bits per heavy atom. The topological polar surface area (TPSA) is 71.7 Å². The molecule has 14 heavy (non-hydrogen) atoms. The summed E-state index contributed by atoms with van der Waals surface area (Å²) < 4.78 is 1.20. The van der Waals surface area contributed by atoms with Gasteiger partial charge in [-0.25, -0.2) is 9.78 Å². The fourth-order valence-electron chi connectivity index (χ4n) is 1.20. The van der Waals surface area contributed by atoms with Crippen molar-refractivity contribution in [2.45, 2.75) is 0 Å². The summed E-state index contributed by atoms with van der Waals surface area (Å²) in [5, 5.41) is 8.69. The smallest absolute Gasteiger partial charge is 0.341 e. The van der Waals surface area contributed by atoms with Crippen LogP contribution in [0, 0.1) is 0 Å². The monoisotopic (exact) mass is 190 g/mol. The van der Waals surface area contributed by atoms with E-state index in [2.05, 4.69) is 4.98 Å². The number of hydrogen-bond donors (Lipinski definition) is 1. The lowest BCUT2D eigenvalue weighted by Crippen LogP contribution is -2.21. The molecule has 2 aromatic rings. The van der Waals surface area contributed by atoms with Crippen molar-refractivity contribution in [1.29, 1.82) is 0 Å². The van der Waals surface area contributed by atoms with Crippen LogP contribution < -0.4 is 5.56 Å². The van der Waals surface area contributed by atoms with Crippen LogP contribution in [0.15, 0.2) is 35.4 Å². The number of aromatic carboxylic acids is 1. The van der Waals surface area contributed by atoms with Crippen LogP contribution in [-0.2, 0) is 0 Å². The van der Waals surface area contributed by atoms with Crippen molar-refractivity contribution in [2.24, 2.45) is 0 Å². The van der Waals surface area contributed by atoms with Crippen LogP contribution in [0.2, 0.25) is 0 Å². The van der Waals surface area contributed by atoms with E-state index in [-0.39, 0.29) is 5.56 Å². The summed E-state index contributed by atoms with van der Waals surface area (Å²) in [6, 6.07) is 4.32. The molecule has 5 nitrogen and oxygen atoms in total. The molecule has 5 heteroatoms. The van der Waals surface area contributed by atoms with Crippen LogP contribution in [0.4, 0.5) is 0 Å². The van der Waals surface area contributed by atoms with Gasteiger partial charge in [0.15, 0.2) is 0 Å². The molecule has 0 saturated carbocycles. The molecule has 0 fully saturated rings. The van der Waals surface area contributed by atoms with Gasteiger partial charge in [-0.1, -0.05) is 0 Å². The summed E-state index contributed by atoms with van der Waals surface area (Å²) in [7, 11) is 0. The predicted octanol–water partition coefficient (Wildman–Crippen LogP) is 0.393. The van der Waals surface area contributed by atoms with Crippen molar-refractivity contribution in [3.8, 4) is 0 Å². The van der Waals surface area contributed by atoms with Crippen molar-refractivity contribution < 1.29 is 9.90 Å². The van der Waals surface area contributed by atoms with Gasteiger partial charge in [0.25, 0.3) is 5.56 Å². The summed E-state index contributed by atoms with van der Waals surface area (Å²) in [6.07, 6.45) is 3.02. The number of carboxylic acids is 1. The summed E-state index contributed by atoms with van der Waals surface area (Å²) >= 11 is 0. The minimum Gasteiger partial charge on any atom is -0.477 e. The molecule has 2 heterocycles. The summed E-state index contributed by atoms with van der Waals surface area (Å²) in [4.78, 5) is 26.1. The molecule has 0 spiro atoms. The minimum absolute atomic E-state index is 0.254. The fraction of sp³-hybridized carbons (Fsp3) is 0. The molecule has 0 aliphatic carbocycles. The number of nitrogens with zero attached hydrogens (tertiary/aromatic N) is 2. The lowest BCUT2D eigenvalue weighted by Gasteiger charge is -1.99. The van der Waals surface area contributed by atoms with Crippen molar-refractivity contribution >= 4 is 11.6 Å². The van der Waals surface area contributed by atoms with Gasteiger partial charge in [0.1, 0.15) is 11.2 Å². The van der Waals surface area contributed by atoms with Crippen LogP contribution >= 0.6 is 0 Å². The SMILES string of the molecule is O=C(O)c1ccc2ncccn2c1=O. The molecule has 1 N–H and O–H groups in total. The summed E-state index contributed by atoms with van der Waals surface area (Å²) in [5.74, 6) is -1.23. The van der Waals surface area contributed by atoms with E-state index < -0.39 is 11.5 Å². The van der Waals surface area contributed by atoms with Gasteiger partial charge >= 0.3 is 5.97 Å². The molecule has 0 radical (unpaired) electrons. The van der Waals surface area contributed by atoms with Gasteiger partial charge in [0, 0.05) is 12.4 Å². The van der Waals surface area contributed by atoms with Crippen molar-refractivity contribution in [3.05, 3.63) is 46.5 Å². The summed E-state index contributed by atoms with van der Waals surface area (Å²) in [5.41, 5.74) is -0.388. The minimum atomic E-state index is -1.23. The van der Waals surface area contributed by atoms with Gasteiger partial charge in [-0.05, 0) is 18.2 Å². The molecule has 0 aromatic carbocycles. The summed E-state index contributed by atoms with van der Waals surface area (Å²) in [6.45, 7) is 0.